The predicted molar refractivity (Wildman–Crippen MR) is 92.5 cm³/mol. The standard InChI is InChI=1S/C18H24N2O5/c1-3-12-24-18(23)19-14-8-10-20(11-9-14)17(22)13(2)25-16-6-4-15(21)5-7-16/h3-7,13-14,21H,1,8-12H2,2H3,(H,19,23). The van der Waals surface area contributed by atoms with Crippen LogP contribution in [0.4, 0.5) is 4.79 Å². The first-order valence-electron chi connectivity index (χ1n) is 8.28. The van der Waals surface area contributed by atoms with Crippen LogP contribution in [-0.2, 0) is 9.53 Å². The van der Waals surface area contributed by atoms with E-state index in [9.17, 15) is 14.7 Å². The topological polar surface area (TPSA) is 88.1 Å². The molecule has 1 atom stereocenters. The number of aromatic hydroxyl groups is 1. The number of rotatable bonds is 6. The van der Waals surface area contributed by atoms with Crippen molar-refractivity contribution in [2.24, 2.45) is 0 Å². The molecule has 7 heteroatoms. The number of likely N-dealkylation sites (tertiary alicyclic amines) is 1. The zero-order valence-electron chi connectivity index (χ0n) is 14.3. The molecule has 1 aromatic carbocycles. The predicted octanol–water partition coefficient (Wildman–Crippen LogP) is 2.06. The zero-order valence-corrected chi connectivity index (χ0v) is 14.3. The Morgan fingerprint density at radius 3 is 2.60 bits per heavy atom. The Hall–Kier alpha value is -2.70. The van der Waals surface area contributed by atoms with Gasteiger partial charge < -0.3 is 24.8 Å². The molecule has 0 aromatic heterocycles. The maximum absolute atomic E-state index is 12.5. The highest BCUT2D eigenvalue weighted by molar-refractivity contribution is 5.81. The van der Waals surface area contributed by atoms with Gasteiger partial charge >= 0.3 is 6.09 Å². The number of hydrogen-bond acceptors (Lipinski definition) is 5. The number of phenolic OH excluding ortho intramolecular Hbond substituents is 1. The van der Waals surface area contributed by atoms with Crippen LogP contribution in [0, 0.1) is 0 Å². The number of hydrogen-bond donors (Lipinski definition) is 2. The maximum atomic E-state index is 12.5. The third kappa shape index (κ3) is 5.70. The molecular formula is C18H24N2O5. The van der Waals surface area contributed by atoms with Crippen molar-refractivity contribution in [1.29, 1.82) is 0 Å². The van der Waals surface area contributed by atoms with E-state index in [0.717, 1.165) is 0 Å². The summed E-state index contributed by atoms with van der Waals surface area (Å²) in [5.41, 5.74) is 0. The Kier molecular flexibility index (Phi) is 6.68. The number of phenols is 1. The van der Waals surface area contributed by atoms with E-state index in [2.05, 4.69) is 11.9 Å². The fourth-order valence-corrected chi connectivity index (χ4v) is 2.62. The Morgan fingerprint density at radius 1 is 1.36 bits per heavy atom. The molecule has 2 N–H and O–H groups in total. The molecule has 1 saturated heterocycles. The molecule has 0 bridgehead atoms. The Balaban J connectivity index is 1.77. The van der Waals surface area contributed by atoms with Crippen LogP contribution in [0.2, 0.25) is 0 Å². The van der Waals surface area contributed by atoms with Crippen molar-refractivity contribution in [2.45, 2.75) is 31.9 Å². The first-order chi connectivity index (χ1) is 12.0. The summed E-state index contributed by atoms with van der Waals surface area (Å²) in [4.78, 5) is 25.7. The molecule has 1 aliphatic rings. The van der Waals surface area contributed by atoms with Gasteiger partial charge in [-0.3, -0.25) is 4.79 Å². The number of ether oxygens (including phenoxy) is 2. The number of piperidine rings is 1. The number of carbonyl (C=O) groups excluding carboxylic acids is 2. The van der Waals surface area contributed by atoms with Gasteiger partial charge in [0.05, 0.1) is 0 Å². The van der Waals surface area contributed by atoms with Gasteiger partial charge in [0.25, 0.3) is 5.91 Å². The second-order valence-corrected chi connectivity index (χ2v) is 5.89. The average Bonchev–Trinajstić information content (AvgIpc) is 2.62. The minimum Gasteiger partial charge on any atom is -0.508 e. The molecule has 0 spiro atoms. The van der Waals surface area contributed by atoms with E-state index in [1.807, 2.05) is 0 Å². The molecule has 136 valence electrons. The largest absolute Gasteiger partial charge is 0.508 e. The summed E-state index contributed by atoms with van der Waals surface area (Å²) in [5, 5.41) is 12.1. The molecule has 1 unspecified atom stereocenters. The molecule has 0 aliphatic carbocycles. The molecule has 1 fully saturated rings. The minimum absolute atomic E-state index is 0.00492. The van der Waals surface area contributed by atoms with Crippen LogP contribution in [0.3, 0.4) is 0 Å². The summed E-state index contributed by atoms with van der Waals surface area (Å²) in [5.74, 6) is 0.577. The fourth-order valence-electron chi connectivity index (χ4n) is 2.62. The van der Waals surface area contributed by atoms with Crippen LogP contribution in [0.1, 0.15) is 19.8 Å². The van der Waals surface area contributed by atoms with Crippen LogP contribution in [0.5, 0.6) is 11.5 Å². The lowest BCUT2D eigenvalue weighted by Crippen LogP contribution is -2.49. The number of amides is 2. The summed E-state index contributed by atoms with van der Waals surface area (Å²) in [6, 6.07) is 6.24. The van der Waals surface area contributed by atoms with Crippen molar-refractivity contribution in [3.63, 3.8) is 0 Å². The minimum atomic E-state index is -0.619. The smallest absolute Gasteiger partial charge is 0.407 e. The second kappa shape index (κ2) is 8.96. The summed E-state index contributed by atoms with van der Waals surface area (Å²) >= 11 is 0. The Bertz CT molecular complexity index is 594. The van der Waals surface area contributed by atoms with E-state index in [0.29, 0.717) is 31.7 Å². The highest BCUT2D eigenvalue weighted by Crippen LogP contribution is 2.19. The van der Waals surface area contributed by atoms with E-state index >= 15 is 0 Å². The van der Waals surface area contributed by atoms with Gasteiger partial charge in [0.2, 0.25) is 0 Å². The molecule has 7 nitrogen and oxygen atoms in total. The summed E-state index contributed by atoms with van der Waals surface area (Å²) < 4.78 is 10.5. The molecule has 0 radical (unpaired) electrons. The highest BCUT2D eigenvalue weighted by Gasteiger charge is 2.27. The van der Waals surface area contributed by atoms with Crippen LogP contribution in [0.25, 0.3) is 0 Å². The molecule has 0 saturated carbocycles. The van der Waals surface area contributed by atoms with E-state index in [1.165, 1.54) is 18.2 Å². The summed E-state index contributed by atoms with van der Waals surface area (Å²) in [6.07, 6.45) is 1.76. The molecule has 2 amide bonds. The highest BCUT2D eigenvalue weighted by atomic mass is 16.5. The van der Waals surface area contributed by atoms with E-state index in [-0.39, 0.29) is 24.3 Å². The maximum Gasteiger partial charge on any atom is 0.407 e. The number of alkyl carbamates (subject to hydrolysis) is 1. The average molecular weight is 348 g/mol. The fraction of sp³-hybridized carbons (Fsp3) is 0.444. The van der Waals surface area contributed by atoms with Crippen molar-refractivity contribution in [3.8, 4) is 11.5 Å². The summed E-state index contributed by atoms with van der Waals surface area (Å²) in [6.45, 7) is 6.46. The van der Waals surface area contributed by atoms with Crippen molar-refractivity contribution >= 4 is 12.0 Å². The van der Waals surface area contributed by atoms with Gasteiger partial charge in [0.15, 0.2) is 6.10 Å². The number of carbonyl (C=O) groups is 2. The normalized spacial score (nSPS) is 16.0. The third-order valence-electron chi connectivity index (χ3n) is 3.96. The lowest BCUT2D eigenvalue weighted by atomic mass is 10.0. The van der Waals surface area contributed by atoms with Crippen LogP contribution in [0.15, 0.2) is 36.9 Å². The van der Waals surface area contributed by atoms with Crippen molar-refractivity contribution in [3.05, 3.63) is 36.9 Å². The first kappa shape index (κ1) is 18.6. The first-order valence-corrected chi connectivity index (χ1v) is 8.28. The number of nitrogens with one attached hydrogen (secondary N) is 1. The van der Waals surface area contributed by atoms with Gasteiger partial charge in [-0.1, -0.05) is 12.7 Å². The molecule has 1 heterocycles. The van der Waals surface area contributed by atoms with Gasteiger partial charge in [0.1, 0.15) is 18.1 Å². The van der Waals surface area contributed by atoms with Gasteiger partial charge in [-0.25, -0.2) is 4.79 Å². The molecule has 1 aromatic rings. The lowest BCUT2D eigenvalue weighted by Gasteiger charge is -2.33. The van der Waals surface area contributed by atoms with Crippen LogP contribution >= 0.6 is 0 Å². The van der Waals surface area contributed by atoms with E-state index in [4.69, 9.17) is 9.47 Å². The molecular weight excluding hydrogens is 324 g/mol. The Labute approximate surface area is 147 Å². The van der Waals surface area contributed by atoms with Crippen molar-refractivity contribution in [2.75, 3.05) is 19.7 Å². The SMILES string of the molecule is C=CCOC(=O)NC1CCN(C(=O)C(C)Oc2ccc(O)cc2)CC1. The van der Waals surface area contributed by atoms with E-state index < -0.39 is 12.2 Å². The Morgan fingerprint density at radius 2 is 2.00 bits per heavy atom. The zero-order chi connectivity index (χ0) is 18.2. The van der Waals surface area contributed by atoms with Gasteiger partial charge in [-0.05, 0) is 44.0 Å². The van der Waals surface area contributed by atoms with Crippen LogP contribution in [-0.4, -0.2) is 53.8 Å². The molecule has 25 heavy (non-hydrogen) atoms. The number of benzene rings is 1. The monoisotopic (exact) mass is 348 g/mol. The van der Waals surface area contributed by atoms with Crippen molar-refractivity contribution in [1.82, 2.24) is 10.2 Å². The lowest BCUT2D eigenvalue weighted by molar-refractivity contribution is -0.139. The summed E-state index contributed by atoms with van der Waals surface area (Å²) in [7, 11) is 0. The number of nitrogens with zero attached hydrogens (tertiary/aromatic N) is 1. The second-order valence-electron chi connectivity index (χ2n) is 5.89. The molecule has 2 rings (SSSR count). The quantitative estimate of drug-likeness (QED) is 0.768. The van der Waals surface area contributed by atoms with Crippen molar-refractivity contribution < 1.29 is 24.2 Å². The third-order valence-corrected chi connectivity index (χ3v) is 3.96. The van der Waals surface area contributed by atoms with Crippen LogP contribution < -0.4 is 10.1 Å². The van der Waals surface area contributed by atoms with Gasteiger partial charge in [-0.15, -0.1) is 0 Å². The van der Waals surface area contributed by atoms with E-state index in [1.54, 1.807) is 24.0 Å². The van der Waals surface area contributed by atoms with Gasteiger partial charge in [-0.2, -0.15) is 0 Å². The molecule has 1 aliphatic heterocycles. The van der Waals surface area contributed by atoms with Gasteiger partial charge in [0, 0.05) is 19.1 Å².